The normalized spacial score (nSPS) is 11.6. The molecule has 0 spiro atoms. The van der Waals surface area contributed by atoms with Crippen LogP contribution in [0.15, 0.2) is 95.9 Å². The summed E-state index contributed by atoms with van der Waals surface area (Å²) in [6.07, 6.45) is 7.65. The second-order valence-corrected chi connectivity index (χ2v) is 10.0. The van der Waals surface area contributed by atoms with Gasteiger partial charge in [-0.05, 0) is 67.6 Å². The topological polar surface area (TPSA) is 71.1 Å². The minimum absolute atomic E-state index is 0.0108. The van der Waals surface area contributed by atoms with Crippen LogP contribution in [0.2, 0.25) is 0 Å². The van der Waals surface area contributed by atoms with E-state index < -0.39 is 0 Å². The standard InChI is InChI=1S/C32H36O6S/c1-35-31(33)22-21-28(39-30-16-7-6-15-29(30)32(34)36-2)14-10-11-25-17-19-27(20-18-25)38-24-9-8-23-37-26-12-4-3-5-13-26/h3-7,10,12-20,28H,8-9,11,21-24H2,1-2H3/t28-/m1/s1. The average Bonchev–Trinajstić information content (AvgIpc) is 2.98. The van der Waals surface area contributed by atoms with Crippen LogP contribution < -0.4 is 9.47 Å². The lowest BCUT2D eigenvalue weighted by atomic mass is 10.1. The second-order valence-electron chi connectivity index (χ2n) is 8.75. The number of allylic oxidation sites excluding steroid dienone is 1. The van der Waals surface area contributed by atoms with E-state index in [2.05, 4.69) is 24.3 Å². The van der Waals surface area contributed by atoms with Gasteiger partial charge >= 0.3 is 11.9 Å². The minimum atomic E-state index is -0.378. The van der Waals surface area contributed by atoms with Crippen LogP contribution in [0.25, 0.3) is 0 Å². The lowest BCUT2D eigenvalue weighted by Crippen LogP contribution is -2.08. The van der Waals surface area contributed by atoms with E-state index in [-0.39, 0.29) is 17.2 Å². The van der Waals surface area contributed by atoms with Crippen molar-refractivity contribution in [1.82, 2.24) is 0 Å². The third-order valence-corrected chi connectivity index (χ3v) is 7.18. The number of unbranched alkanes of at least 4 members (excludes halogenated alkanes) is 1. The van der Waals surface area contributed by atoms with Crippen LogP contribution in [-0.2, 0) is 20.7 Å². The Morgan fingerprint density at radius 1 is 0.795 bits per heavy atom. The van der Waals surface area contributed by atoms with E-state index in [4.69, 9.17) is 18.9 Å². The molecule has 0 aliphatic heterocycles. The quantitative estimate of drug-likeness (QED) is 0.0832. The maximum Gasteiger partial charge on any atom is 0.338 e. The van der Waals surface area contributed by atoms with E-state index in [0.29, 0.717) is 31.6 Å². The molecule has 3 rings (SSSR count). The van der Waals surface area contributed by atoms with Gasteiger partial charge in [0.15, 0.2) is 0 Å². The number of benzene rings is 3. The summed E-state index contributed by atoms with van der Waals surface area (Å²) >= 11 is 1.54. The van der Waals surface area contributed by atoms with Gasteiger partial charge in [0, 0.05) is 16.6 Å². The highest BCUT2D eigenvalue weighted by Crippen LogP contribution is 2.31. The van der Waals surface area contributed by atoms with Gasteiger partial charge < -0.3 is 18.9 Å². The molecule has 1 atom stereocenters. The zero-order valence-corrected chi connectivity index (χ0v) is 23.4. The van der Waals surface area contributed by atoms with E-state index >= 15 is 0 Å². The maximum absolute atomic E-state index is 12.2. The SMILES string of the molecule is COC(=O)CC[C@@H](C=CCc1ccc(OCCCCOc2ccccc2)cc1)Sc1ccccc1C(=O)OC. The number of para-hydroxylation sites is 1. The fraction of sp³-hybridized carbons (Fsp3) is 0.312. The molecule has 0 saturated carbocycles. The van der Waals surface area contributed by atoms with E-state index in [1.54, 1.807) is 6.07 Å². The number of carbonyl (C=O) groups is 2. The highest BCUT2D eigenvalue weighted by Gasteiger charge is 2.16. The van der Waals surface area contributed by atoms with Crippen LogP contribution in [0.4, 0.5) is 0 Å². The van der Waals surface area contributed by atoms with Crippen molar-refractivity contribution < 1.29 is 28.5 Å². The van der Waals surface area contributed by atoms with Gasteiger partial charge in [-0.3, -0.25) is 4.79 Å². The van der Waals surface area contributed by atoms with E-state index in [9.17, 15) is 9.59 Å². The van der Waals surface area contributed by atoms with Crippen LogP contribution >= 0.6 is 11.8 Å². The Morgan fingerprint density at radius 3 is 2.10 bits per heavy atom. The Kier molecular flexibility index (Phi) is 13.0. The number of esters is 2. The highest BCUT2D eigenvalue weighted by molar-refractivity contribution is 8.00. The summed E-state index contributed by atoms with van der Waals surface area (Å²) in [7, 11) is 2.76. The van der Waals surface area contributed by atoms with Crippen molar-refractivity contribution >= 4 is 23.7 Å². The number of hydrogen-bond donors (Lipinski definition) is 0. The molecule has 0 amide bonds. The number of hydrogen-bond acceptors (Lipinski definition) is 7. The zero-order chi connectivity index (χ0) is 27.7. The summed E-state index contributed by atoms with van der Waals surface area (Å²) in [5.74, 6) is 1.10. The first-order valence-corrected chi connectivity index (χ1v) is 13.9. The molecular weight excluding hydrogens is 512 g/mol. The Bertz CT molecular complexity index is 1180. The molecule has 0 heterocycles. The molecule has 0 aliphatic rings. The molecule has 206 valence electrons. The lowest BCUT2D eigenvalue weighted by Gasteiger charge is -2.14. The smallest absolute Gasteiger partial charge is 0.338 e. The number of thioether (sulfide) groups is 1. The van der Waals surface area contributed by atoms with E-state index in [0.717, 1.165) is 41.2 Å². The van der Waals surface area contributed by atoms with Gasteiger partial charge in [0.25, 0.3) is 0 Å². The predicted octanol–water partition coefficient (Wildman–Crippen LogP) is 6.92. The largest absolute Gasteiger partial charge is 0.494 e. The fourth-order valence-corrected chi connectivity index (χ4v) is 4.93. The van der Waals surface area contributed by atoms with Crippen LogP contribution in [0, 0.1) is 0 Å². The summed E-state index contributed by atoms with van der Waals surface area (Å²) in [4.78, 5) is 24.7. The molecule has 7 heteroatoms. The zero-order valence-electron chi connectivity index (χ0n) is 22.5. The van der Waals surface area contributed by atoms with Crippen molar-refractivity contribution in [2.24, 2.45) is 0 Å². The van der Waals surface area contributed by atoms with Gasteiger partial charge in [0.2, 0.25) is 0 Å². The summed E-state index contributed by atoms with van der Waals surface area (Å²) in [5, 5.41) is -0.0108. The molecular formula is C32H36O6S. The predicted molar refractivity (Wildman–Crippen MR) is 155 cm³/mol. The number of carbonyl (C=O) groups excluding carboxylic acids is 2. The van der Waals surface area contributed by atoms with Gasteiger partial charge in [-0.25, -0.2) is 4.79 Å². The van der Waals surface area contributed by atoms with Crippen molar-refractivity contribution in [1.29, 1.82) is 0 Å². The molecule has 0 fully saturated rings. The van der Waals surface area contributed by atoms with Crippen LogP contribution in [-0.4, -0.2) is 44.6 Å². The fourth-order valence-electron chi connectivity index (χ4n) is 3.75. The Morgan fingerprint density at radius 2 is 1.44 bits per heavy atom. The second kappa shape index (κ2) is 17.0. The first-order chi connectivity index (χ1) is 19.1. The summed E-state index contributed by atoms with van der Waals surface area (Å²) in [6, 6.07) is 25.2. The molecule has 3 aromatic carbocycles. The number of ether oxygens (including phenoxy) is 4. The molecule has 6 nitrogen and oxygen atoms in total. The van der Waals surface area contributed by atoms with Gasteiger partial charge in [0.05, 0.1) is 33.0 Å². The van der Waals surface area contributed by atoms with E-state index in [1.807, 2.05) is 60.7 Å². The highest BCUT2D eigenvalue weighted by atomic mass is 32.2. The van der Waals surface area contributed by atoms with Gasteiger partial charge in [-0.15, -0.1) is 11.8 Å². The molecule has 0 aromatic heterocycles. The monoisotopic (exact) mass is 548 g/mol. The molecule has 0 saturated heterocycles. The Balaban J connectivity index is 1.47. The van der Waals surface area contributed by atoms with Crippen molar-refractivity contribution in [3.8, 4) is 11.5 Å². The van der Waals surface area contributed by atoms with Gasteiger partial charge in [-0.2, -0.15) is 0 Å². The maximum atomic E-state index is 12.2. The third kappa shape index (κ3) is 10.9. The molecule has 0 radical (unpaired) electrons. The molecule has 0 N–H and O–H groups in total. The van der Waals surface area contributed by atoms with Crippen molar-refractivity contribution in [3.63, 3.8) is 0 Å². The minimum Gasteiger partial charge on any atom is -0.494 e. The van der Waals surface area contributed by atoms with Crippen LogP contribution in [0.5, 0.6) is 11.5 Å². The summed E-state index contributed by atoms with van der Waals surface area (Å²) in [5.41, 5.74) is 1.67. The molecule has 3 aromatic rings. The number of rotatable bonds is 16. The average molecular weight is 549 g/mol. The lowest BCUT2D eigenvalue weighted by molar-refractivity contribution is -0.140. The van der Waals surface area contributed by atoms with Crippen molar-refractivity contribution in [2.75, 3.05) is 27.4 Å². The molecule has 0 bridgehead atoms. The first-order valence-electron chi connectivity index (χ1n) is 13.1. The number of methoxy groups -OCH3 is 2. The van der Waals surface area contributed by atoms with E-state index in [1.165, 1.54) is 26.0 Å². The summed E-state index contributed by atoms with van der Waals surface area (Å²) in [6.45, 7) is 1.31. The molecule has 0 aliphatic carbocycles. The van der Waals surface area contributed by atoms with Crippen molar-refractivity contribution in [3.05, 3.63) is 102 Å². The Hall–Kier alpha value is -3.71. The van der Waals surface area contributed by atoms with Crippen LogP contribution in [0.3, 0.4) is 0 Å². The van der Waals surface area contributed by atoms with Crippen LogP contribution in [0.1, 0.15) is 41.6 Å². The Labute approximate surface area is 235 Å². The van der Waals surface area contributed by atoms with Gasteiger partial charge in [0.1, 0.15) is 11.5 Å². The van der Waals surface area contributed by atoms with Crippen molar-refractivity contribution in [2.45, 2.75) is 42.2 Å². The molecule has 39 heavy (non-hydrogen) atoms. The third-order valence-electron chi connectivity index (χ3n) is 5.88. The summed E-state index contributed by atoms with van der Waals surface area (Å²) < 4.78 is 21.3. The van der Waals surface area contributed by atoms with Gasteiger partial charge in [-0.1, -0.05) is 54.6 Å². The molecule has 0 unspecified atom stereocenters. The first kappa shape index (κ1) is 29.8.